The van der Waals surface area contributed by atoms with Gasteiger partial charge in [-0.25, -0.2) is 4.68 Å². The lowest BCUT2D eigenvalue weighted by Gasteiger charge is -2.38. The zero-order valence-corrected chi connectivity index (χ0v) is 16.1. The third-order valence-corrected chi connectivity index (χ3v) is 5.79. The molecule has 2 aromatic rings. The molecule has 1 atom stereocenters. The van der Waals surface area contributed by atoms with E-state index in [1.165, 1.54) is 0 Å². The summed E-state index contributed by atoms with van der Waals surface area (Å²) in [5.74, 6) is 1.86. The zero-order valence-electron chi connectivity index (χ0n) is 15.3. The molecule has 1 unspecified atom stereocenters. The number of nitrogens with zero attached hydrogens (tertiary/aromatic N) is 4. The van der Waals surface area contributed by atoms with Gasteiger partial charge in [-0.1, -0.05) is 38.6 Å². The fourth-order valence-electron chi connectivity index (χ4n) is 3.69. The highest BCUT2D eigenvalue weighted by atomic mass is 32.2. The first-order valence-electron chi connectivity index (χ1n) is 9.01. The van der Waals surface area contributed by atoms with Crippen LogP contribution in [-0.4, -0.2) is 31.3 Å². The van der Waals surface area contributed by atoms with Gasteiger partial charge in [-0.2, -0.15) is 4.98 Å². The number of anilines is 1. The molecule has 7 heteroatoms. The monoisotopic (exact) mass is 369 g/mol. The first kappa shape index (κ1) is 17.3. The fraction of sp³-hybridized carbons (Fsp3) is 0.474. The highest BCUT2D eigenvalue weighted by Gasteiger charge is 2.41. The summed E-state index contributed by atoms with van der Waals surface area (Å²) >= 11 is 1.64. The first-order chi connectivity index (χ1) is 12.5. The van der Waals surface area contributed by atoms with Crippen molar-refractivity contribution >= 4 is 23.5 Å². The van der Waals surface area contributed by atoms with Crippen LogP contribution in [0.4, 0.5) is 5.95 Å². The molecule has 1 N–H and O–H groups in total. The molecule has 2 aromatic heterocycles. The third kappa shape index (κ3) is 3.05. The molecule has 2 aliphatic rings. The van der Waals surface area contributed by atoms with Crippen molar-refractivity contribution in [3.63, 3.8) is 0 Å². The second-order valence-corrected chi connectivity index (χ2v) is 8.72. The molecule has 0 fully saturated rings. The highest BCUT2D eigenvalue weighted by Crippen LogP contribution is 2.45. The van der Waals surface area contributed by atoms with E-state index < -0.39 is 0 Å². The summed E-state index contributed by atoms with van der Waals surface area (Å²) in [4.78, 5) is 22.0. The average Bonchev–Trinajstić information content (AvgIpc) is 3.00. The van der Waals surface area contributed by atoms with Crippen LogP contribution >= 0.6 is 11.8 Å². The number of ketones is 1. The Labute approximate surface area is 157 Å². The molecule has 0 spiro atoms. The number of fused-ring (bicyclic) bond motifs is 1. The quantitative estimate of drug-likeness (QED) is 0.826. The van der Waals surface area contributed by atoms with Crippen LogP contribution < -0.4 is 5.32 Å². The zero-order chi connectivity index (χ0) is 18.3. The Morgan fingerprint density at radius 1 is 1.38 bits per heavy atom. The SMILES string of the molecule is CCCSc1nc2n(n1)C(c1cccnc1)C1=C(CC(C)(C)CC1=O)N2. The number of aromatic nitrogens is 4. The normalized spacial score (nSPS) is 21.2. The maximum atomic E-state index is 13.0. The summed E-state index contributed by atoms with van der Waals surface area (Å²) in [5, 5.41) is 8.84. The summed E-state index contributed by atoms with van der Waals surface area (Å²) in [6.07, 6.45) is 6.00. The number of rotatable bonds is 4. The Morgan fingerprint density at radius 3 is 2.96 bits per heavy atom. The lowest BCUT2D eigenvalue weighted by molar-refractivity contribution is -0.118. The van der Waals surface area contributed by atoms with Crippen molar-refractivity contribution in [1.29, 1.82) is 0 Å². The van der Waals surface area contributed by atoms with Gasteiger partial charge in [-0.15, -0.1) is 5.10 Å². The van der Waals surface area contributed by atoms with E-state index >= 15 is 0 Å². The molecular formula is C19H23N5OS. The molecule has 6 nitrogen and oxygen atoms in total. The molecule has 0 saturated heterocycles. The molecule has 0 amide bonds. The molecule has 0 bridgehead atoms. The third-order valence-electron chi connectivity index (χ3n) is 4.75. The number of pyridine rings is 1. The summed E-state index contributed by atoms with van der Waals surface area (Å²) in [7, 11) is 0. The van der Waals surface area contributed by atoms with Gasteiger partial charge in [0.05, 0.1) is 0 Å². The van der Waals surface area contributed by atoms with Crippen molar-refractivity contribution < 1.29 is 4.79 Å². The fourth-order valence-corrected chi connectivity index (χ4v) is 4.37. The van der Waals surface area contributed by atoms with E-state index in [0.29, 0.717) is 12.4 Å². The highest BCUT2D eigenvalue weighted by molar-refractivity contribution is 7.99. The largest absolute Gasteiger partial charge is 0.328 e. The van der Waals surface area contributed by atoms with Crippen LogP contribution in [0.1, 0.15) is 51.6 Å². The Bertz CT molecular complexity index is 871. The smallest absolute Gasteiger partial charge is 0.227 e. The average molecular weight is 369 g/mol. The standard InChI is InChI=1S/C19H23N5OS/c1-4-8-26-18-22-17-21-13-9-19(2,3)10-14(25)15(13)16(24(17)23-18)12-6-5-7-20-11-12/h5-7,11,16H,4,8-10H2,1-3H3,(H,21,22,23). The molecule has 0 saturated carbocycles. The van der Waals surface area contributed by atoms with Crippen LogP contribution in [0.2, 0.25) is 0 Å². The lowest BCUT2D eigenvalue weighted by atomic mass is 9.73. The van der Waals surface area contributed by atoms with Crippen molar-refractivity contribution in [1.82, 2.24) is 19.7 Å². The molecule has 1 aliphatic heterocycles. The van der Waals surface area contributed by atoms with Gasteiger partial charge in [0.25, 0.3) is 0 Å². The topological polar surface area (TPSA) is 72.7 Å². The van der Waals surface area contributed by atoms with Crippen molar-refractivity contribution in [2.75, 3.05) is 11.1 Å². The predicted molar refractivity (Wildman–Crippen MR) is 102 cm³/mol. The minimum Gasteiger partial charge on any atom is -0.328 e. The van der Waals surface area contributed by atoms with Crippen molar-refractivity contribution in [2.45, 2.75) is 51.2 Å². The van der Waals surface area contributed by atoms with Gasteiger partial charge in [0, 0.05) is 35.8 Å². The molecule has 0 aromatic carbocycles. The molecule has 1 aliphatic carbocycles. The van der Waals surface area contributed by atoms with E-state index in [0.717, 1.165) is 40.6 Å². The molecule has 26 heavy (non-hydrogen) atoms. The number of Topliss-reactive ketones (excluding diaryl/α,β-unsaturated/α-hetero) is 1. The van der Waals surface area contributed by atoms with Crippen LogP contribution in [0.3, 0.4) is 0 Å². The first-order valence-corrected chi connectivity index (χ1v) is 9.99. The maximum Gasteiger partial charge on any atom is 0.227 e. The number of carbonyl (C=O) groups excluding carboxylic acids is 1. The van der Waals surface area contributed by atoms with Crippen molar-refractivity contribution in [2.24, 2.45) is 5.41 Å². The van der Waals surface area contributed by atoms with E-state index in [9.17, 15) is 4.79 Å². The van der Waals surface area contributed by atoms with E-state index in [1.54, 1.807) is 18.0 Å². The summed E-state index contributed by atoms with van der Waals surface area (Å²) < 4.78 is 1.85. The number of hydrogen-bond acceptors (Lipinski definition) is 6. The number of nitrogens with one attached hydrogen (secondary N) is 1. The lowest BCUT2D eigenvalue weighted by Crippen LogP contribution is -2.36. The second-order valence-electron chi connectivity index (χ2n) is 7.66. The Morgan fingerprint density at radius 2 is 2.23 bits per heavy atom. The summed E-state index contributed by atoms with van der Waals surface area (Å²) in [6, 6.07) is 3.64. The Balaban J connectivity index is 1.83. The molecule has 0 radical (unpaired) electrons. The minimum absolute atomic E-state index is 0.0512. The predicted octanol–water partition coefficient (Wildman–Crippen LogP) is 3.83. The maximum absolute atomic E-state index is 13.0. The van der Waals surface area contributed by atoms with Gasteiger partial charge in [-0.3, -0.25) is 9.78 Å². The van der Waals surface area contributed by atoms with Gasteiger partial charge in [0.1, 0.15) is 6.04 Å². The van der Waals surface area contributed by atoms with E-state index in [1.807, 2.05) is 23.0 Å². The number of hydrogen-bond donors (Lipinski definition) is 1. The number of thioether (sulfide) groups is 1. The van der Waals surface area contributed by atoms with Crippen LogP contribution in [0.5, 0.6) is 0 Å². The summed E-state index contributed by atoms with van der Waals surface area (Å²) in [5.41, 5.74) is 2.70. The van der Waals surface area contributed by atoms with Gasteiger partial charge >= 0.3 is 0 Å². The molecule has 136 valence electrons. The van der Waals surface area contributed by atoms with E-state index in [2.05, 4.69) is 36.1 Å². The van der Waals surface area contributed by atoms with E-state index in [-0.39, 0.29) is 17.2 Å². The van der Waals surface area contributed by atoms with Crippen LogP contribution in [0.25, 0.3) is 0 Å². The number of carbonyl (C=O) groups is 1. The molecule has 4 rings (SSSR count). The van der Waals surface area contributed by atoms with Crippen molar-refractivity contribution in [3.05, 3.63) is 41.4 Å². The van der Waals surface area contributed by atoms with Crippen LogP contribution in [0.15, 0.2) is 41.0 Å². The Kier molecular flexibility index (Phi) is 4.34. The Hall–Kier alpha value is -2.15. The van der Waals surface area contributed by atoms with Gasteiger partial charge in [0.15, 0.2) is 5.78 Å². The van der Waals surface area contributed by atoms with Crippen LogP contribution in [0, 0.1) is 5.41 Å². The van der Waals surface area contributed by atoms with Crippen LogP contribution in [-0.2, 0) is 4.79 Å². The molecular weight excluding hydrogens is 346 g/mol. The van der Waals surface area contributed by atoms with Gasteiger partial charge in [0.2, 0.25) is 11.1 Å². The second kappa shape index (κ2) is 6.54. The van der Waals surface area contributed by atoms with E-state index in [4.69, 9.17) is 5.10 Å². The summed E-state index contributed by atoms with van der Waals surface area (Å²) in [6.45, 7) is 6.41. The van der Waals surface area contributed by atoms with Gasteiger partial charge < -0.3 is 5.32 Å². The number of allylic oxidation sites excluding steroid dienone is 2. The van der Waals surface area contributed by atoms with Gasteiger partial charge in [-0.05, 0) is 29.9 Å². The van der Waals surface area contributed by atoms with Crippen molar-refractivity contribution in [3.8, 4) is 0 Å². The molecule has 3 heterocycles. The minimum atomic E-state index is -0.262.